The average Bonchev–Trinajstić information content (AvgIpc) is 3.45. The van der Waals surface area contributed by atoms with Crippen LogP contribution >= 0.6 is 0 Å². The van der Waals surface area contributed by atoms with Crippen LogP contribution in [0.2, 0.25) is 0 Å². The van der Waals surface area contributed by atoms with Gasteiger partial charge in [-0.3, -0.25) is 0 Å². The lowest BCUT2D eigenvalue weighted by Crippen LogP contribution is -2.66. The van der Waals surface area contributed by atoms with Crippen LogP contribution in [0.5, 0.6) is 0 Å². The lowest BCUT2D eigenvalue weighted by molar-refractivity contribution is -0.390. The first-order chi connectivity index (χ1) is 37.6. The van der Waals surface area contributed by atoms with E-state index >= 15 is 0 Å². The zero-order chi connectivity index (χ0) is 57.0. The van der Waals surface area contributed by atoms with Crippen molar-refractivity contribution in [1.29, 1.82) is 0 Å². The number of carbonyl (C=O) groups is 2. The van der Waals surface area contributed by atoms with Crippen LogP contribution in [-0.4, -0.2) is 279 Å². The Bertz CT molecular complexity index is 2000. The summed E-state index contributed by atoms with van der Waals surface area (Å²) < 4.78 is 58.6. The molecule has 0 aromatic rings. The quantitative estimate of drug-likeness (QED) is 0.0366. The fraction of sp³-hybridized carbons (Fsp3) is 0.885. The van der Waals surface area contributed by atoms with E-state index in [1.165, 1.54) is 13.2 Å². The number of allylic oxidation sites excluding steroid dienone is 2. The van der Waals surface area contributed by atoms with E-state index < -0.39 is 197 Å². The van der Waals surface area contributed by atoms with Crippen LogP contribution < -0.4 is 0 Å². The van der Waals surface area contributed by atoms with E-state index in [2.05, 4.69) is 0 Å². The van der Waals surface area contributed by atoms with Crippen LogP contribution in [-0.2, 0) is 52.2 Å². The second kappa shape index (κ2) is 27.9. The van der Waals surface area contributed by atoms with Gasteiger partial charge in [0.25, 0.3) is 0 Å². The molecule has 4 aliphatic carbocycles. The van der Waals surface area contributed by atoms with Crippen LogP contribution in [0, 0.1) is 23.7 Å². The molecule has 4 aliphatic heterocycles. The average molecular weight is 1140 g/mol. The largest absolute Gasteiger partial charge is 0.460 e. The van der Waals surface area contributed by atoms with Gasteiger partial charge in [0.15, 0.2) is 31.1 Å². The predicted octanol–water partition coefficient (Wildman–Crippen LogP) is -5.95. The molecule has 0 aromatic heterocycles. The molecule has 0 amide bonds. The highest BCUT2D eigenvalue weighted by Gasteiger charge is 2.58. The van der Waals surface area contributed by atoms with E-state index in [1.807, 2.05) is 0 Å². The highest BCUT2D eigenvalue weighted by Crippen LogP contribution is 2.45. The number of ether oxygens (including phenoxy) is 10. The number of aliphatic hydroxyl groups excluding tert-OH is 15. The van der Waals surface area contributed by atoms with Crippen LogP contribution in [0.1, 0.15) is 77.0 Å². The summed E-state index contributed by atoms with van der Waals surface area (Å²) in [7, 11) is 1.46. The van der Waals surface area contributed by atoms with Crippen molar-refractivity contribution >= 4 is 11.9 Å². The second-order valence-electron chi connectivity index (χ2n) is 22.7. The van der Waals surface area contributed by atoms with Gasteiger partial charge in [-0.2, -0.15) is 0 Å². The van der Waals surface area contributed by atoms with E-state index in [4.69, 9.17) is 47.4 Å². The van der Waals surface area contributed by atoms with Crippen molar-refractivity contribution in [1.82, 2.24) is 0 Å². The maximum absolute atomic E-state index is 12.8. The van der Waals surface area contributed by atoms with Gasteiger partial charge >= 0.3 is 11.9 Å². The van der Waals surface area contributed by atoms with Crippen molar-refractivity contribution in [2.75, 3.05) is 26.9 Å². The van der Waals surface area contributed by atoms with Gasteiger partial charge in [0.05, 0.1) is 61.4 Å². The van der Waals surface area contributed by atoms with E-state index in [0.717, 1.165) is 12.2 Å². The fourth-order valence-corrected chi connectivity index (χ4v) is 12.5. The highest BCUT2D eigenvalue weighted by molar-refractivity contribution is 5.82. The summed E-state index contributed by atoms with van der Waals surface area (Å²) in [5.74, 6) is -3.13. The molecule has 4 heterocycles. The normalized spacial score (nSPS) is 49.1. The molecule has 0 radical (unpaired) electrons. The standard InChI is InChI=1S/C52H82O27/c1-70-33-14-23(6-9-28(33)57)48-34(17-25-31(73-48)15-24(54)16-32(25)74-50-46(68)43(65)41(63)36(77-50)19-71-38(60)10-4-21-2-7-26(55)29(58)12-21)75-52-49(45(67)40(62)35(18-53)76-52)79-51-47(69)44(66)42(64)37(78-51)20-72-39(61)11-5-22-3-8-27(56)30(59)13-22/h4-5,10-11,21-37,40-59,62-69H,2-3,6-9,12-20H2,1H3/p+1/t21?,22?,23?,24?,25?,26?,27?,28?,29?,30?,31?,32?,33?,34?,35-,36-,37-,40-,41-,42-,43+,44+,45+,46-,47-,48?,49-,50-,51+,52-/m1/s1. The number of carbonyl (C=O) groups excluding carboxylic acids is 2. The topological polar surface area (TPSA) is 433 Å². The van der Waals surface area contributed by atoms with E-state index in [-0.39, 0.29) is 49.9 Å². The molecule has 16 N–H and O–H groups in total. The first-order valence-electron chi connectivity index (χ1n) is 27.6. The number of fused-ring (bicyclic) bond motifs is 1. The van der Waals surface area contributed by atoms with Crippen LogP contribution in [0.15, 0.2) is 24.3 Å². The van der Waals surface area contributed by atoms with Crippen molar-refractivity contribution in [2.24, 2.45) is 23.7 Å². The van der Waals surface area contributed by atoms with E-state index in [9.17, 15) is 86.2 Å². The Morgan fingerprint density at radius 3 is 1.53 bits per heavy atom. The Morgan fingerprint density at radius 1 is 0.494 bits per heavy atom. The number of methoxy groups -OCH3 is 1. The lowest BCUT2D eigenvalue weighted by atomic mass is 9.72. The molecular weight excluding hydrogens is 1060 g/mol. The molecule has 452 valence electrons. The van der Waals surface area contributed by atoms with Crippen LogP contribution in [0.4, 0.5) is 0 Å². The van der Waals surface area contributed by atoms with Gasteiger partial charge in [-0.25, -0.2) is 9.59 Å². The van der Waals surface area contributed by atoms with Crippen molar-refractivity contribution in [3.63, 3.8) is 0 Å². The summed E-state index contributed by atoms with van der Waals surface area (Å²) in [6.45, 7) is -2.08. The number of hydrogen-bond acceptors (Lipinski definition) is 26. The third-order valence-corrected chi connectivity index (χ3v) is 17.3. The smallest absolute Gasteiger partial charge is 0.330 e. The van der Waals surface area contributed by atoms with E-state index in [0.29, 0.717) is 44.9 Å². The summed E-state index contributed by atoms with van der Waals surface area (Å²) in [4.78, 5) is 25.5. The summed E-state index contributed by atoms with van der Waals surface area (Å²) in [6.07, 6.45) is -27.3. The number of hydrogen-bond donors (Lipinski definition) is 15. The van der Waals surface area contributed by atoms with Crippen molar-refractivity contribution in [3.05, 3.63) is 24.3 Å². The second-order valence-corrected chi connectivity index (χ2v) is 22.7. The number of esters is 2. The van der Waals surface area contributed by atoms with Gasteiger partial charge in [0, 0.05) is 38.0 Å². The molecule has 4 saturated carbocycles. The highest BCUT2D eigenvalue weighted by atomic mass is 16.8. The Kier molecular flexibility index (Phi) is 22.1. The third-order valence-electron chi connectivity index (χ3n) is 17.3. The van der Waals surface area contributed by atoms with Gasteiger partial charge in [-0.15, -0.1) is 0 Å². The number of rotatable bonds is 17. The molecule has 30 atom stereocenters. The minimum absolute atomic E-state index is 0.0406. The summed E-state index contributed by atoms with van der Waals surface area (Å²) >= 11 is 0. The van der Waals surface area contributed by atoms with Crippen molar-refractivity contribution in [3.8, 4) is 0 Å². The van der Waals surface area contributed by atoms with Gasteiger partial charge in [-0.05, 0) is 76.0 Å². The van der Waals surface area contributed by atoms with E-state index in [1.54, 1.807) is 6.08 Å². The van der Waals surface area contributed by atoms with Gasteiger partial charge in [-0.1, -0.05) is 12.2 Å². The molecule has 0 aromatic carbocycles. The Hall–Kier alpha value is -2.50. The SMILES string of the molecule is COC1CC(C2[OH+]C3CC(O)CC(O[C@@H]4O[C@H](COC(=O)C=CC5CCC(O)C(O)C5)[C@@H](O)[C@H](O)[C@H]4O)C3CC2O[C@@H]2O[C@H](CO)[C@@H](O)[C@H](O)[C@H]2O[C@@H]2O[C@H](COC(=O)C=CC3CCC(O)C(O)C3)[C@@H](O)[C@H](O)[C@H]2O)CCC1O. The Labute approximate surface area is 455 Å². The van der Waals surface area contributed by atoms with Crippen LogP contribution in [0.25, 0.3) is 0 Å². The first-order valence-corrected chi connectivity index (χ1v) is 27.6. The summed E-state index contributed by atoms with van der Waals surface area (Å²) in [5, 5.41) is 161. The monoisotopic (exact) mass is 1140 g/mol. The minimum atomic E-state index is -2.01. The maximum atomic E-state index is 12.8. The minimum Gasteiger partial charge on any atom is -0.460 e. The molecule has 4 saturated heterocycles. The molecule has 0 spiro atoms. The first kappa shape index (κ1) is 62.5. The fourth-order valence-electron chi connectivity index (χ4n) is 12.5. The Morgan fingerprint density at radius 2 is 1.00 bits per heavy atom. The van der Waals surface area contributed by atoms with Crippen LogP contribution in [0.3, 0.4) is 0 Å². The zero-order valence-electron chi connectivity index (χ0n) is 43.9. The molecule has 79 heavy (non-hydrogen) atoms. The Balaban J connectivity index is 0.983. The predicted molar refractivity (Wildman–Crippen MR) is 262 cm³/mol. The molecule has 27 nitrogen and oxygen atoms in total. The number of aliphatic hydroxyl groups is 17. The molecule has 15 unspecified atom stereocenters. The molecule has 0 bridgehead atoms. The summed E-state index contributed by atoms with van der Waals surface area (Å²) in [5.41, 5.74) is 0. The van der Waals surface area contributed by atoms with Gasteiger partial charge in [0.2, 0.25) is 0 Å². The molecule has 8 fully saturated rings. The maximum Gasteiger partial charge on any atom is 0.330 e. The van der Waals surface area contributed by atoms with Crippen molar-refractivity contribution < 1.29 is 134 Å². The molecule has 8 aliphatic rings. The van der Waals surface area contributed by atoms with Gasteiger partial charge in [0.1, 0.15) is 92.6 Å². The molecule has 27 heteroatoms. The van der Waals surface area contributed by atoms with Crippen molar-refractivity contribution in [2.45, 2.75) is 236 Å². The lowest BCUT2D eigenvalue weighted by Gasteiger charge is -2.51. The summed E-state index contributed by atoms with van der Waals surface area (Å²) in [6, 6.07) is 0. The zero-order valence-corrected chi connectivity index (χ0v) is 43.9. The van der Waals surface area contributed by atoms with Gasteiger partial charge < -0.3 is 124 Å². The molecular formula is C52H83O27+. The third kappa shape index (κ3) is 15.1. The molecule has 8 rings (SSSR count).